The Labute approximate surface area is 113 Å². The van der Waals surface area contributed by atoms with Crippen LogP contribution < -0.4 is 10.1 Å². The summed E-state index contributed by atoms with van der Waals surface area (Å²) in [5.41, 5.74) is 3.09. The molecule has 0 spiro atoms. The molecular formula is C15H19N3O. The zero-order valence-corrected chi connectivity index (χ0v) is 11.6. The van der Waals surface area contributed by atoms with Gasteiger partial charge in [0.1, 0.15) is 17.9 Å². The van der Waals surface area contributed by atoms with Gasteiger partial charge in [-0.05, 0) is 18.6 Å². The summed E-state index contributed by atoms with van der Waals surface area (Å²) in [5.74, 6) is 1.72. The van der Waals surface area contributed by atoms with Gasteiger partial charge < -0.3 is 10.1 Å². The molecule has 100 valence electrons. The summed E-state index contributed by atoms with van der Waals surface area (Å²) in [6.07, 6.45) is 3.57. The molecule has 0 amide bonds. The Bertz CT molecular complexity index is 555. The Morgan fingerprint density at radius 2 is 2.00 bits per heavy atom. The van der Waals surface area contributed by atoms with Crippen LogP contribution in [0.4, 0.5) is 5.82 Å². The average Bonchev–Trinajstić information content (AvgIpc) is 2.47. The predicted molar refractivity (Wildman–Crippen MR) is 77.6 cm³/mol. The van der Waals surface area contributed by atoms with Gasteiger partial charge in [-0.3, -0.25) is 0 Å². The second-order valence-corrected chi connectivity index (χ2v) is 4.25. The van der Waals surface area contributed by atoms with Crippen LogP contribution in [0.5, 0.6) is 5.75 Å². The third-order valence-electron chi connectivity index (χ3n) is 3.04. The van der Waals surface area contributed by atoms with Crippen LogP contribution in [0.25, 0.3) is 11.3 Å². The molecule has 0 atom stereocenters. The van der Waals surface area contributed by atoms with Crippen molar-refractivity contribution in [1.29, 1.82) is 0 Å². The van der Waals surface area contributed by atoms with Gasteiger partial charge in [0.25, 0.3) is 0 Å². The molecule has 19 heavy (non-hydrogen) atoms. The number of nitrogens with one attached hydrogen (secondary N) is 1. The van der Waals surface area contributed by atoms with E-state index >= 15 is 0 Å². The maximum absolute atomic E-state index is 5.43. The van der Waals surface area contributed by atoms with E-state index in [-0.39, 0.29) is 0 Å². The fraction of sp³-hybridized carbons (Fsp3) is 0.333. The van der Waals surface area contributed by atoms with E-state index in [1.54, 1.807) is 13.4 Å². The second-order valence-electron chi connectivity index (χ2n) is 4.25. The molecule has 0 aliphatic carbocycles. The smallest absolute Gasteiger partial charge is 0.132 e. The third kappa shape index (κ3) is 2.67. The van der Waals surface area contributed by atoms with E-state index in [1.165, 1.54) is 0 Å². The standard InChI is InChI=1S/C15H19N3O/c1-4-7-12-14(17-10-18-15(12)16-2)11-8-5-6-9-13(11)19-3/h5-6,8-10H,4,7H2,1-3H3,(H,16,17,18). The third-order valence-corrected chi connectivity index (χ3v) is 3.04. The molecule has 1 aromatic heterocycles. The highest BCUT2D eigenvalue weighted by Gasteiger charge is 2.14. The Morgan fingerprint density at radius 3 is 2.68 bits per heavy atom. The Morgan fingerprint density at radius 1 is 1.21 bits per heavy atom. The molecule has 0 saturated carbocycles. The lowest BCUT2D eigenvalue weighted by Gasteiger charge is -2.14. The maximum Gasteiger partial charge on any atom is 0.132 e. The largest absolute Gasteiger partial charge is 0.496 e. The Hall–Kier alpha value is -2.10. The van der Waals surface area contributed by atoms with Crippen molar-refractivity contribution in [2.24, 2.45) is 0 Å². The number of aromatic nitrogens is 2. The van der Waals surface area contributed by atoms with Crippen molar-refractivity contribution in [2.75, 3.05) is 19.5 Å². The zero-order valence-electron chi connectivity index (χ0n) is 11.6. The molecule has 1 N–H and O–H groups in total. The molecule has 4 nitrogen and oxygen atoms in total. The first-order valence-electron chi connectivity index (χ1n) is 6.46. The first-order chi connectivity index (χ1) is 9.31. The number of benzene rings is 1. The molecule has 4 heteroatoms. The summed E-state index contributed by atoms with van der Waals surface area (Å²) in [6, 6.07) is 7.93. The molecule has 2 aromatic rings. The van der Waals surface area contributed by atoms with Crippen LogP contribution >= 0.6 is 0 Å². The highest BCUT2D eigenvalue weighted by Crippen LogP contribution is 2.33. The van der Waals surface area contributed by atoms with Gasteiger partial charge in [0.15, 0.2) is 0 Å². The fourth-order valence-electron chi connectivity index (χ4n) is 2.19. The van der Waals surface area contributed by atoms with E-state index in [0.717, 1.165) is 41.2 Å². The molecule has 0 fully saturated rings. The second kappa shape index (κ2) is 6.18. The van der Waals surface area contributed by atoms with Crippen molar-refractivity contribution in [1.82, 2.24) is 9.97 Å². The Balaban J connectivity index is 2.60. The number of rotatable bonds is 5. The number of methoxy groups -OCH3 is 1. The number of anilines is 1. The summed E-state index contributed by atoms with van der Waals surface area (Å²) in [7, 11) is 3.56. The fourth-order valence-corrected chi connectivity index (χ4v) is 2.19. The lowest BCUT2D eigenvalue weighted by Crippen LogP contribution is -2.03. The maximum atomic E-state index is 5.43. The SMILES string of the molecule is CCCc1c(NC)ncnc1-c1ccccc1OC. The highest BCUT2D eigenvalue weighted by molar-refractivity contribution is 5.73. The lowest BCUT2D eigenvalue weighted by molar-refractivity contribution is 0.416. The summed E-state index contributed by atoms with van der Waals surface area (Å²) >= 11 is 0. The summed E-state index contributed by atoms with van der Waals surface area (Å²) in [4.78, 5) is 8.75. The first kappa shape index (κ1) is 13.3. The van der Waals surface area contributed by atoms with Crippen LogP contribution in [-0.4, -0.2) is 24.1 Å². The van der Waals surface area contributed by atoms with Crippen molar-refractivity contribution >= 4 is 5.82 Å². The zero-order chi connectivity index (χ0) is 13.7. The van der Waals surface area contributed by atoms with Crippen molar-refractivity contribution in [2.45, 2.75) is 19.8 Å². The summed E-state index contributed by atoms with van der Waals surface area (Å²) < 4.78 is 5.43. The highest BCUT2D eigenvalue weighted by atomic mass is 16.5. The Kier molecular flexibility index (Phi) is 4.34. The van der Waals surface area contributed by atoms with E-state index in [0.29, 0.717) is 0 Å². The van der Waals surface area contributed by atoms with Crippen molar-refractivity contribution in [3.05, 3.63) is 36.2 Å². The molecule has 0 bridgehead atoms. The van der Waals surface area contributed by atoms with Gasteiger partial charge in [0, 0.05) is 18.2 Å². The molecule has 1 heterocycles. The molecule has 1 aromatic carbocycles. The van der Waals surface area contributed by atoms with Crippen LogP contribution in [-0.2, 0) is 6.42 Å². The summed E-state index contributed by atoms with van der Waals surface area (Å²) in [6.45, 7) is 2.15. The van der Waals surface area contributed by atoms with E-state index in [9.17, 15) is 0 Å². The van der Waals surface area contributed by atoms with Gasteiger partial charge in [-0.2, -0.15) is 0 Å². The topological polar surface area (TPSA) is 47.0 Å². The normalized spacial score (nSPS) is 10.3. The first-order valence-corrected chi connectivity index (χ1v) is 6.46. The summed E-state index contributed by atoms with van der Waals surface area (Å²) in [5, 5.41) is 3.14. The molecule has 0 saturated heterocycles. The molecule has 0 aliphatic rings. The van der Waals surface area contributed by atoms with Gasteiger partial charge in [0.2, 0.25) is 0 Å². The monoisotopic (exact) mass is 257 g/mol. The van der Waals surface area contributed by atoms with Crippen molar-refractivity contribution in [3.63, 3.8) is 0 Å². The minimum atomic E-state index is 0.834. The van der Waals surface area contributed by atoms with Crippen LogP contribution in [0.1, 0.15) is 18.9 Å². The lowest BCUT2D eigenvalue weighted by atomic mass is 10.0. The number of para-hydroxylation sites is 1. The molecule has 0 radical (unpaired) electrons. The number of nitrogens with zero attached hydrogens (tertiary/aromatic N) is 2. The van der Waals surface area contributed by atoms with E-state index in [1.807, 2.05) is 31.3 Å². The number of hydrogen-bond acceptors (Lipinski definition) is 4. The number of hydrogen-bond donors (Lipinski definition) is 1. The van der Waals surface area contributed by atoms with Crippen molar-refractivity contribution < 1.29 is 4.74 Å². The van der Waals surface area contributed by atoms with Gasteiger partial charge in [-0.1, -0.05) is 25.5 Å². The van der Waals surface area contributed by atoms with Crippen LogP contribution in [0.15, 0.2) is 30.6 Å². The van der Waals surface area contributed by atoms with Gasteiger partial charge in [0.05, 0.1) is 12.8 Å². The molecular weight excluding hydrogens is 238 g/mol. The van der Waals surface area contributed by atoms with Crippen LogP contribution in [0.2, 0.25) is 0 Å². The van der Waals surface area contributed by atoms with E-state index < -0.39 is 0 Å². The quantitative estimate of drug-likeness (QED) is 0.893. The van der Waals surface area contributed by atoms with Gasteiger partial charge in [-0.15, -0.1) is 0 Å². The predicted octanol–water partition coefficient (Wildman–Crippen LogP) is 3.15. The number of ether oxygens (including phenoxy) is 1. The van der Waals surface area contributed by atoms with Crippen molar-refractivity contribution in [3.8, 4) is 17.0 Å². The minimum absolute atomic E-state index is 0.834. The van der Waals surface area contributed by atoms with Gasteiger partial charge in [-0.25, -0.2) is 9.97 Å². The van der Waals surface area contributed by atoms with Crippen LogP contribution in [0, 0.1) is 0 Å². The molecule has 0 unspecified atom stereocenters. The van der Waals surface area contributed by atoms with E-state index in [2.05, 4.69) is 22.2 Å². The van der Waals surface area contributed by atoms with Crippen LogP contribution in [0.3, 0.4) is 0 Å². The average molecular weight is 257 g/mol. The van der Waals surface area contributed by atoms with Gasteiger partial charge >= 0.3 is 0 Å². The molecule has 2 rings (SSSR count). The minimum Gasteiger partial charge on any atom is -0.496 e. The van der Waals surface area contributed by atoms with E-state index in [4.69, 9.17) is 4.74 Å². The molecule has 0 aliphatic heterocycles.